The van der Waals surface area contributed by atoms with E-state index in [1.54, 1.807) is 45.0 Å². The Kier molecular flexibility index (Phi) is 6.08. The maximum Gasteiger partial charge on any atom is 0.321 e. The quantitative estimate of drug-likeness (QED) is 0.397. The standard InChI is InChI=1S/C23H23ClO5/c1-4-28-21(26)18-19(23(2,3)29-22(18)27)17(14-8-6-5-7-9-14)20(25)15-10-12-16(24)13-11-15/h5-13,17-19H,4H2,1-3H3/t17-,18+,19-/m1/s1. The number of ketones is 1. The Bertz CT molecular complexity index is 905. The fourth-order valence-corrected chi connectivity index (χ4v) is 4.11. The average molecular weight is 415 g/mol. The number of rotatable bonds is 6. The van der Waals surface area contributed by atoms with Gasteiger partial charge in [0.05, 0.1) is 12.5 Å². The molecule has 2 aromatic rings. The molecule has 1 heterocycles. The van der Waals surface area contributed by atoms with Crippen LogP contribution in [0.5, 0.6) is 0 Å². The maximum atomic E-state index is 13.6. The summed E-state index contributed by atoms with van der Waals surface area (Å²) in [5, 5.41) is 0.516. The fourth-order valence-electron chi connectivity index (χ4n) is 3.98. The Morgan fingerprint density at radius 1 is 1.10 bits per heavy atom. The lowest BCUT2D eigenvalue weighted by Crippen LogP contribution is -2.41. The number of benzene rings is 2. The van der Waals surface area contributed by atoms with Gasteiger partial charge in [0.1, 0.15) is 5.60 Å². The number of hydrogen-bond donors (Lipinski definition) is 0. The van der Waals surface area contributed by atoms with Crippen LogP contribution in [0.1, 0.15) is 42.6 Å². The number of ether oxygens (including phenoxy) is 2. The van der Waals surface area contributed by atoms with E-state index in [1.807, 2.05) is 30.3 Å². The Labute approximate surface area is 175 Å². The van der Waals surface area contributed by atoms with Gasteiger partial charge in [-0.15, -0.1) is 0 Å². The van der Waals surface area contributed by atoms with Crippen molar-refractivity contribution in [1.82, 2.24) is 0 Å². The highest BCUT2D eigenvalue weighted by Gasteiger charge is 2.58. The van der Waals surface area contributed by atoms with Crippen LogP contribution in [-0.2, 0) is 19.1 Å². The molecule has 1 aliphatic rings. The Morgan fingerprint density at radius 2 is 1.72 bits per heavy atom. The minimum Gasteiger partial charge on any atom is -0.465 e. The topological polar surface area (TPSA) is 69.7 Å². The number of halogens is 1. The molecule has 0 N–H and O–H groups in total. The minimum absolute atomic E-state index is 0.136. The zero-order chi connectivity index (χ0) is 21.2. The molecule has 0 unspecified atom stereocenters. The van der Waals surface area contributed by atoms with Crippen LogP contribution in [0, 0.1) is 11.8 Å². The monoisotopic (exact) mass is 414 g/mol. The number of carbonyl (C=O) groups excluding carboxylic acids is 3. The smallest absolute Gasteiger partial charge is 0.321 e. The molecule has 0 amide bonds. The van der Waals surface area contributed by atoms with E-state index >= 15 is 0 Å². The van der Waals surface area contributed by atoms with Gasteiger partial charge in [-0.1, -0.05) is 41.9 Å². The summed E-state index contributed by atoms with van der Waals surface area (Å²) in [4.78, 5) is 38.8. The average Bonchev–Trinajstić information content (AvgIpc) is 2.92. The highest BCUT2D eigenvalue weighted by Crippen LogP contribution is 2.47. The summed E-state index contributed by atoms with van der Waals surface area (Å²) in [6.45, 7) is 5.25. The van der Waals surface area contributed by atoms with Gasteiger partial charge in [-0.3, -0.25) is 14.4 Å². The predicted molar refractivity (Wildman–Crippen MR) is 109 cm³/mol. The van der Waals surface area contributed by atoms with Crippen LogP contribution >= 0.6 is 11.6 Å². The molecular formula is C23H23ClO5. The van der Waals surface area contributed by atoms with Crippen LogP contribution in [0.4, 0.5) is 0 Å². The Hall–Kier alpha value is -2.66. The van der Waals surface area contributed by atoms with Crippen LogP contribution < -0.4 is 0 Å². The second-order valence-corrected chi connectivity index (χ2v) is 7.98. The lowest BCUT2D eigenvalue weighted by Gasteiger charge is -2.33. The number of esters is 2. The minimum atomic E-state index is -1.17. The molecule has 3 rings (SSSR count). The molecule has 1 fully saturated rings. The normalized spacial score (nSPS) is 21.3. The molecule has 1 saturated heterocycles. The molecular weight excluding hydrogens is 392 g/mol. The summed E-state index contributed by atoms with van der Waals surface area (Å²) in [5.74, 6) is -4.21. The van der Waals surface area contributed by atoms with Crippen molar-refractivity contribution in [3.8, 4) is 0 Å². The summed E-state index contributed by atoms with van der Waals surface area (Å²) in [6.07, 6.45) is 0. The second kappa shape index (κ2) is 8.37. The van der Waals surface area contributed by atoms with Crippen LogP contribution in [0.2, 0.25) is 5.02 Å². The van der Waals surface area contributed by atoms with E-state index in [9.17, 15) is 14.4 Å². The Morgan fingerprint density at radius 3 is 2.31 bits per heavy atom. The van der Waals surface area contributed by atoms with Gasteiger partial charge in [-0.2, -0.15) is 0 Å². The predicted octanol–water partition coefficient (Wildman–Crippen LogP) is 4.44. The van der Waals surface area contributed by atoms with E-state index < -0.39 is 35.3 Å². The van der Waals surface area contributed by atoms with Gasteiger partial charge in [0.25, 0.3) is 0 Å². The van der Waals surface area contributed by atoms with E-state index in [-0.39, 0.29) is 12.4 Å². The van der Waals surface area contributed by atoms with E-state index in [4.69, 9.17) is 21.1 Å². The molecule has 0 bridgehead atoms. The third-order valence-corrected chi connectivity index (χ3v) is 5.50. The molecule has 29 heavy (non-hydrogen) atoms. The molecule has 0 aromatic heterocycles. The largest absolute Gasteiger partial charge is 0.465 e. The molecule has 6 heteroatoms. The molecule has 0 saturated carbocycles. The highest BCUT2D eigenvalue weighted by atomic mass is 35.5. The lowest BCUT2D eigenvalue weighted by atomic mass is 9.69. The summed E-state index contributed by atoms with van der Waals surface area (Å²) in [5.41, 5.74) is 0.121. The van der Waals surface area contributed by atoms with Gasteiger partial charge in [-0.05, 0) is 50.6 Å². The van der Waals surface area contributed by atoms with Gasteiger partial charge in [0, 0.05) is 16.5 Å². The van der Waals surface area contributed by atoms with Crippen LogP contribution in [0.15, 0.2) is 54.6 Å². The summed E-state index contributed by atoms with van der Waals surface area (Å²) >= 11 is 5.97. The molecule has 152 valence electrons. The Balaban J connectivity index is 2.13. The second-order valence-electron chi connectivity index (χ2n) is 7.54. The van der Waals surface area contributed by atoms with Crippen molar-refractivity contribution in [2.24, 2.45) is 11.8 Å². The summed E-state index contributed by atoms with van der Waals surface area (Å²) < 4.78 is 10.7. The van der Waals surface area contributed by atoms with Crippen molar-refractivity contribution < 1.29 is 23.9 Å². The van der Waals surface area contributed by atoms with Crippen molar-refractivity contribution in [1.29, 1.82) is 0 Å². The lowest BCUT2D eigenvalue weighted by molar-refractivity contribution is -0.157. The first-order valence-electron chi connectivity index (χ1n) is 9.50. The third-order valence-electron chi connectivity index (χ3n) is 5.25. The first kappa shape index (κ1) is 21.1. The van der Waals surface area contributed by atoms with Crippen molar-refractivity contribution in [3.05, 3.63) is 70.7 Å². The summed E-state index contributed by atoms with van der Waals surface area (Å²) in [6, 6.07) is 15.7. The van der Waals surface area contributed by atoms with Crippen molar-refractivity contribution in [2.75, 3.05) is 6.61 Å². The molecule has 5 nitrogen and oxygen atoms in total. The zero-order valence-corrected chi connectivity index (χ0v) is 17.3. The third kappa shape index (κ3) is 4.20. The highest BCUT2D eigenvalue weighted by molar-refractivity contribution is 6.30. The van der Waals surface area contributed by atoms with Crippen LogP contribution in [-0.4, -0.2) is 29.9 Å². The van der Waals surface area contributed by atoms with Crippen LogP contribution in [0.3, 0.4) is 0 Å². The van der Waals surface area contributed by atoms with Gasteiger partial charge in [0.2, 0.25) is 0 Å². The molecule has 1 aliphatic heterocycles. The van der Waals surface area contributed by atoms with Gasteiger partial charge < -0.3 is 9.47 Å². The van der Waals surface area contributed by atoms with E-state index in [0.29, 0.717) is 16.1 Å². The van der Waals surface area contributed by atoms with E-state index in [2.05, 4.69) is 0 Å². The molecule has 2 aromatic carbocycles. The van der Waals surface area contributed by atoms with Gasteiger partial charge in [-0.25, -0.2) is 0 Å². The number of carbonyl (C=O) groups is 3. The maximum absolute atomic E-state index is 13.6. The molecule has 0 radical (unpaired) electrons. The molecule has 3 atom stereocenters. The van der Waals surface area contributed by atoms with Gasteiger partial charge >= 0.3 is 11.9 Å². The summed E-state index contributed by atoms with van der Waals surface area (Å²) in [7, 11) is 0. The zero-order valence-electron chi connectivity index (χ0n) is 16.6. The van der Waals surface area contributed by atoms with Crippen molar-refractivity contribution in [3.63, 3.8) is 0 Å². The number of cyclic esters (lactones) is 1. The van der Waals surface area contributed by atoms with Crippen molar-refractivity contribution in [2.45, 2.75) is 32.3 Å². The first-order chi connectivity index (χ1) is 13.8. The number of hydrogen-bond acceptors (Lipinski definition) is 5. The van der Waals surface area contributed by atoms with Gasteiger partial charge in [0.15, 0.2) is 11.7 Å². The fraction of sp³-hybridized carbons (Fsp3) is 0.348. The molecule has 0 spiro atoms. The van der Waals surface area contributed by atoms with Crippen molar-refractivity contribution >= 4 is 29.3 Å². The number of Topliss-reactive ketones (excluding diaryl/α,β-unsaturated/α-hetero) is 1. The first-order valence-corrected chi connectivity index (χ1v) is 9.88. The SMILES string of the molecule is CCOC(=O)[C@H]1C(=O)OC(C)(C)[C@@H]1[C@H](C(=O)c1ccc(Cl)cc1)c1ccccc1. The molecule has 0 aliphatic carbocycles. The van der Waals surface area contributed by atoms with E-state index in [0.717, 1.165) is 0 Å². The van der Waals surface area contributed by atoms with E-state index in [1.165, 1.54) is 0 Å². The van der Waals surface area contributed by atoms with Crippen LogP contribution in [0.25, 0.3) is 0 Å².